The van der Waals surface area contributed by atoms with Crippen LogP contribution in [-0.2, 0) is 11.3 Å². The second-order valence-electron chi connectivity index (χ2n) is 6.04. The van der Waals surface area contributed by atoms with Crippen molar-refractivity contribution in [1.82, 2.24) is 15.0 Å². The number of hydrogen-bond donors (Lipinski definition) is 0. The number of hydrogen-bond acceptors (Lipinski definition) is 5. The van der Waals surface area contributed by atoms with Crippen LogP contribution in [0.3, 0.4) is 0 Å². The molecule has 0 fully saturated rings. The molecule has 0 spiro atoms. The van der Waals surface area contributed by atoms with Crippen LogP contribution in [0.1, 0.15) is 19.2 Å². The van der Waals surface area contributed by atoms with Crippen LogP contribution in [0, 0.1) is 5.82 Å². The molecule has 2 aromatic carbocycles. The predicted octanol–water partition coefficient (Wildman–Crippen LogP) is 3.69. The second-order valence-corrected chi connectivity index (χ2v) is 6.04. The molecule has 0 unspecified atom stereocenters. The van der Waals surface area contributed by atoms with Crippen LogP contribution in [0.15, 0.2) is 59.1 Å². The smallest absolute Gasteiger partial charge is 0.263 e. The van der Waals surface area contributed by atoms with Gasteiger partial charge < -0.3 is 14.2 Å². The van der Waals surface area contributed by atoms with Gasteiger partial charge >= 0.3 is 0 Å². The summed E-state index contributed by atoms with van der Waals surface area (Å²) in [4.78, 5) is 18.5. The first-order valence-corrected chi connectivity index (χ1v) is 8.62. The number of halogens is 1. The number of amides is 1. The number of rotatable bonds is 7. The SMILES string of the molecule is CC[C@@H](Oc1ccc(F)cc1)C(=O)N(C)Cc1nc(-c2ccccc2)no1. The van der Waals surface area contributed by atoms with Gasteiger partial charge in [-0.3, -0.25) is 4.79 Å². The highest BCUT2D eigenvalue weighted by atomic mass is 19.1. The van der Waals surface area contributed by atoms with Gasteiger partial charge in [0.1, 0.15) is 11.6 Å². The van der Waals surface area contributed by atoms with Crippen molar-refractivity contribution in [3.63, 3.8) is 0 Å². The van der Waals surface area contributed by atoms with E-state index in [1.807, 2.05) is 37.3 Å². The Hall–Kier alpha value is -3.22. The van der Waals surface area contributed by atoms with E-state index in [1.165, 1.54) is 29.2 Å². The van der Waals surface area contributed by atoms with Crippen LogP contribution in [0.5, 0.6) is 5.75 Å². The molecule has 3 aromatic rings. The Morgan fingerprint density at radius 3 is 2.56 bits per heavy atom. The predicted molar refractivity (Wildman–Crippen MR) is 97.3 cm³/mol. The van der Waals surface area contributed by atoms with Crippen molar-refractivity contribution >= 4 is 5.91 Å². The summed E-state index contributed by atoms with van der Waals surface area (Å²) in [5, 5.41) is 3.95. The van der Waals surface area contributed by atoms with Gasteiger partial charge in [0.2, 0.25) is 11.7 Å². The summed E-state index contributed by atoms with van der Waals surface area (Å²) < 4.78 is 23.9. The number of nitrogens with zero attached hydrogens (tertiary/aromatic N) is 3. The Balaban J connectivity index is 1.64. The highest BCUT2D eigenvalue weighted by molar-refractivity contribution is 5.80. The minimum absolute atomic E-state index is 0.169. The minimum Gasteiger partial charge on any atom is -0.481 e. The van der Waals surface area contributed by atoms with Crippen molar-refractivity contribution in [2.75, 3.05) is 7.05 Å². The lowest BCUT2D eigenvalue weighted by molar-refractivity contribution is -0.138. The number of carbonyl (C=O) groups excluding carboxylic acids is 1. The molecule has 7 heteroatoms. The zero-order valence-electron chi connectivity index (χ0n) is 15.1. The lowest BCUT2D eigenvalue weighted by Gasteiger charge is -2.22. The zero-order valence-corrected chi connectivity index (χ0v) is 15.1. The van der Waals surface area contributed by atoms with E-state index < -0.39 is 6.10 Å². The summed E-state index contributed by atoms with van der Waals surface area (Å²) in [5.41, 5.74) is 0.840. The molecule has 27 heavy (non-hydrogen) atoms. The molecule has 1 aromatic heterocycles. The third-order valence-electron chi connectivity index (χ3n) is 3.99. The zero-order chi connectivity index (χ0) is 19.2. The number of ether oxygens (including phenoxy) is 1. The number of carbonyl (C=O) groups is 1. The molecule has 0 aliphatic rings. The van der Waals surface area contributed by atoms with Crippen LogP contribution < -0.4 is 4.74 Å². The number of aromatic nitrogens is 2. The van der Waals surface area contributed by atoms with Crippen LogP contribution in [0.25, 0.3) is 11.4 Å². The largest absolute Gasteiger partial charge is 0.481 e. The first kappa shape index (κ1) is 18.6. The molecule has 0 saturated heterocycles. The summed E-state index contributed by atoms with van der Waals surface area (Å²) in [5.74, 6) is 0.669. The van der Waals surface area contributed by atoms with Crippen molar-refractivity contribution in [1.29, 1.82) is 0 Å². The fourth-order valence-electron chi connectivity index (χ4n) is 2.54. The molecular formula is C20H20FN3O3. The Bertz CT molecular complexity index is 881. The molecule has 6 nitrogen and oxygen atoms in total. The average molecular weight is 369 g/mol. The quantitative estimate of drug-likeness (QED) is 0.635. The molecule has 0 aliphatic heterocycles. The van der Waals surface area contributed by atoms with Crippen molar-refractivity contribution in [3.8, 4) is 17.1 Å². The summed E-state index contributed by atoms with van der Waals surface area (Å²) in [7, 11) is 1.64. The Morgan fingerprint density at radius 1 is 1.19 bits per heavy atom. The van der Waals surface area contributed by atoms with Gasteiger partial charge in [-0.25, -0.2) is 4.39 Å². The van der Waals surface area contributed by atoms with E-state index >= 15 is 0 Å². The maximum atomic E-state index is 13.0. The highest BCUT2D eigenvalue weighted by Gasteiger charge is 2.24. The molecule has 0 saturated carbocycles. The van der Waals surface area contributed by atoms with E-state index in [0.717, 1.165) is 5.56 Å². The van der Waals surface area contributed by atoms with Crippen molar-refractivity contribution in [3.05, 3.63) is 66.3 Å². The minimum atomic E-state index is -0.683. The van der Waals surface area contributed by atoms with Gasteiger partial charge in [0, 0.05) is 12.6 Å². The van der Waals surface area contributed by atoms with E-state index in [0.29, 0.717) is 23.9 Å². The molecule has 0 bridgehead atoms. The molecule has 0 N–H and O–H groups in total. The van der Waals surface area contributed by atoms with E-state index in [9.17, 15) is 9.18 Å². The molecule has 0 radical (unpaired) electrons. The van der Waals surface area contributed by atoms with Crippen LogP contribution >= 0.6 is 0 Å². The summed E-state index contributed by atoms with van der Waals surface area (Å²) in [6.07, 6.45) is -0.211. The average Bonchev–Trinajstić information content (AvgIpc) is 3.16. The number of likely N-dealkylation sites (N-methyl/N-ethyl adjacent to an activating group) is 1. The molecule has 3 rings (SSSR count). The van der Waals surface area contributed by atoms with Gasteiger partial charge in [0.25, 0.3) is 5.91 Å². The highest BCUT2D eigenvalue weighted by Crippen LogP contribution is 2.18. The third kappa shape index (κ3) is 4.69. The van der Waals surface area contributed by atoms with E-state index in [4.69, 9.17) is 9.26 Å². The van der Waals surface area contributed by atoms with Gasteiger partial charge in [-0.1, -0.05) is 42.4 Å². The lowest BCUT2D eigenvalue weighted by atomic mass is 10.2. The van der Waals surface area contributed by atoms with Crippen molar-refractivity contribution in [2.45, 2.75) is 26.0 Å². The fourth-order valence-corrected chi connectivity index (χ4v) is 2.54. The standard InChI is InChI=1S/C20H20FN3O3/c1-3-17(26-16-11-9-15(21)10-12-16)20(25)24(2)13-18-22-19(23-27-18)14-7-5-4-6-8-14/h4-12,17H,3,13H2,1-2H3/t17-/m1/s1. The van der Waals surface area contributed by atoms with Crippen LogP contribution in [0.2, 0.25) is 0 Å². The Labute approximate surface area is 156 Å². The van der Waals surface area contributed by atoms with E-state index in [-0.39, 0.29) is 18.3 Å². The molecule has 140 valence electrons. The van der Waals surface area contributed by atoms with Crippen molar-refractivity contribution in [2.24, 2.45) is 0 Å². The maximum absolute atomic E-state index is 13.0. The van der Waals surface area contributed by atoms with Gasteiger partial charge in [-0.05, 0) is 30.7 Å². The first-order valence-electron chi connectivity index (χ1n) is 8.62. The monoisotopic (exact) mass is 369 g/mol. The summed E-state index contributed by atoms with van der Waals surface area (Å²) in [6.45, 7) is 2.02. The second kappa shape index (κ2) is 8.44. The van der Waals surface area contributed by atoms with Crippen LogP contribution in [0.4, 0.5) is 4.39 Å². The third-order valence-corrected chi connectivity index (χ3v) is 3.99. The molecule has 0 aliphatic carbocycles. The van der Waals surface area contributed by atoms with Gasteiger partial charge in [-0.2, -0.15) is 4.98 Å². The molecular weight excluding hydrogens is 349 g/mol. The molecule has 1 amide bonds. The first-order chi connectivity index (χ1) is 13.1. The molecule has 1 heterocycles. The fraction of sp³-hybridized carbons (Fsp3) is 0.250. The summed E-state index contributed by atoms with van der Waals surface area (Å²) >= 11 is 0. The van der Waals surface area contributed by atoms with Gasteiger partial charge in [-0.15, -0.1) is 0 Å². The maximum Gasteiger partial charge on any atom is 0.263 e. The van der Waals surface area contributed by atoms with E-state index in [2.05, 4.69) is 10.1 Å². The molecule has 1 atom stereocenters. The van der Waals surface area contributed by atoms with Crippen LogP contribution in [-0.4, -0.2) is 34.1 Å². The lowest BCUT2D eigenvalue weighted by Crippen LogP contribution is -2.39. The van der Waals surface area contributed by atoms with Gasteiger partial charge in [0.15, 0.2) is 6.10 Å². The van der Waals surface area contributed by atoms with Gasteiger partial charge in [0.05, 0.1) is 6.54 Å². The van der Waals surface area contributed by atoms with E-state index in [1.54, 1.807) is 7.05 Å². The normalized spacial score (nSPS) is 11.8. The number of benzene rings is 2. The Kier molecular flexibility index (Phi) is 5.80. The topological polar surface area (TPSA) is 68.5 Å². The summed E-state index contributed by atoms with van der Waals surface area (Å²) in [6, 6.07) is 15.0. The van der Waals surface area contributed by atoms with Crippen molar-refractivity contribution < 1.29 is 18.4 Å². The Morgan fingerprint density at radius 2 is 1.89 bits per heavy atom.